The number of carboxylic acids is 1. The van der Waals surface area contributed by atoms with Crippen LogP contribution in [0.4, 0.5) is 0 Å². The zero-order chi connectivity index (χ0) is 45.1. The molecule has 0 spiro atoms. The number of carbonyl (C=O) groups is 2. The van der Waals surface area contributed by atoms with Crippen molar-refractivity contribution in [1.82, 2.24) is 49.2 Å². The van der Waals surface area contributed by atoms with Crippen LogP contribution in [-0.2, 0) is 9.59 Å². The van der Waals surface area contributed by atoms with Crippen molar-refractivity contribution in [2.24, 2.45) is 0 Å². The monoisotopic (exact) mass is 867 g/mol. The van der Waals surface area contributed by atoms with E-state index in [1.807, 2.05) is 64.4 Å². The molecular formula is C51H66N10O3. The van der Waals surface area contributed by atoms with Gasteiger partial charge in [0.2, 0.25) is 5.91 Å². The Bertz CT molecular complexity index is 2550. The number of likely N-dealkylation sites (tertiary alicyclic amines) is 1. The van der Waals surface area contributed by atoms with E-state index in [9.17, 15) is 9.59 Å². The normalized spacial score (nSPS) is 19.8. The van der Waals surface area contributed by atoms with Crippen LogP contribution in [0, 0.1) is 20.8 Å². The standard InChI is InChI=1S/C26H33N5O.C15H20N4.C10H13NO2/c1-17-8-7-9-20(14-17)25(29(3)4)26(32)30-13-6-5-10-23(30)22-16-24-27-21(19-11-12-19)15-18(2)31(24)28-22;1-10-8-13(11-5-6-11)17-15-9-14(18-19(10)15)12-4-2-3-7-16-12;1-11(2)9(10(12)13)8-6-4-3-5-7-8/h7-9,14-16,19,23,25H,5-6,10-13H2,1-4H3;8-9,11-12,16H,2-7H2,1H3;3-7,9H,1-2H3,(H,12,13)/t23-,25?;12-;9-/m001/s1. The van der Waals surface area contributed by atoms with Gasteiger partial charge in [0.05, 0.1) is 23.5 Å². The third-order valence-electron chi connectivity index (χ3n) is 13.0. The lowest BCUT2D eigenvalue weighted by molar-refractivity contribution is -0.142. The van der Waals surface area contributed by atoms with Gasteiger partial charge in [-0.2, -0.15) is 10.2 Å². The number of carbonyl (C=O) groups excluding carboxylic acids is 1. The first-order valence-electron chi connectivity index (χ1n) is 23.3. The molecule has 0 radical (unpaired) electrons. The van der Waals surface area contributed by atoms with Crippen molar-refractivity contribution in [2.75, 3.05) is 41.3 Å². The third kappa shape index (κ3) is 10.4. The molecule has 2 saturated heterocycles. The molecule has 4 aliphatic rings. The quantitative estimate of drug-likeness (QED) is 0.138. The maximum Gasteiger partial charge on any atom is 0.325 e. The Balaban J connectivity index is 0.000000147. The number of fused-ring (bicyclic) bond motifs is 2. The van der Waals surface area contributed by atoms with Crippen molar-refractivity contribution in [3.8, 4) is 0 Å². The maximum atomic E-state index is 13.9. The number of hydrogen-bond donors (Lipinski definition) is 2. The van der Waals surface area contributed by atoms with Gasteiger partial charge in [-0.1, -0.05) is 66.6 Å². The molecule has 1 unspecified atom stereocenters. The number of piperidine rings is 2. The molecule has 13 nitrogen and oxygen atoms in total. The van der Waals surface area contributed by atoms with Gasteiger partial charge in [-0.3, -0.25) is 19.4 Å². The molecule has 1 amide bonds. The van der Waals surface area contributed by atoms with Gasteiger partial charge in [-0.05, 0) is 137 Å². The van der Waals surface area contributed by atoms with E-state index in [0.717, 1.165) is 71.9 Å². The van der Waals surface area contributed by atoms with Crippen molar-refractivity contribution in [3.63, 3.8) is 0 Å². The number of aryl methyl sites for hydroxylation is 3. The molecule has 4 atom stereocenters. The molecule has 2 aliphatic heterocycles. The smallest absolute Gasteiger partial charge is 0.325 e. The van der Waals surface area contributed by atoms with E-state index >= 15 is 0 Å². The fraction of sp³-hybridized carbons (Fsp3) is 0.490. The van der Waals surface area contributed by atoms with E-state index in [-0.39, 0.29) is 18.0 Å². The molecule has 2 aromatic carbocycles. The summed E-state index contributed by atoms with van der Waals surface area (Å²) in [5.74, 6) is 0.650. The van der Waals surface area contributed by atoms with Crippen LogP contribution in [0.3, 0.4) is 0 Å². The van der Waals surface area contributed by atoms with E-state index < -0.39 is 12.0 Å². The summed E-state index contributed by atoms with van der Waals surface area (Å²) >= 11 is 0. The Labute approximate surface area is 377 Å². The van der Waals surface area contributed by atoms with Gasteiger partial charge < -0.3 is 15.3 Å². The van der Waals surface area contributed by atoms with Crippen LogP contribution in [0.5, 0.6) is 0 Å². The highest BCUT2D eigenvalue weighted by atomic mass is 16.4. The number of rotatable bonds is 10. The van der Waals surface area contributed by atoms with Crippen molar-refractivity contribution in [1.29, 1.82) is 0 Å². The number of aliphatic carboxylic acids is 1. The Morgan fingerprint density at radius 3 is 1.77 bits per heavy atom. The number of amides is 1. The van der Waals surface area contributed by atoms with Gasteiger partial charge in [0, 0.05) is 53.3 Å². The lowest BCUT2D eigenvalue weighted by Crippen LogP contribution is -2.44. The van der Waals surface area contributed by atoms with Gasteiger partial charge in [0.1, 0.15) is 12.1 Å². The lowest BCUT2D eigenvalue weighted by Gasteiger charge is -2.38. The molecule has 6 heterocycles. The minimum absolute atomic E-state index is 0.00557. The van der Waals surface area contributed by atoms with E-state index in [4.69, 9.17) is 25.3 Å². The van der Waals surface area contributed by atoms with Gasteiger partial charge >= 0.3 is 5.97 Å². The predicted octanol–water partition coefficient (Wildman–Crippen LogP) is 8.68. The first-order valence-corrected chi connectivity index (χ1v) is 23.3. The van der Waals surface area contributed by atoms with Crippen LogP contribution in [0.1, 0.15) is 151 Å². The fourth-order valence-corrected chi connectivity index (χ4v) is 9.41. The summed E-state index contributed by atoms with van der Waals surface area (Å²) < 4.78 is 3.94. The highest BCUT2D eigenvalue weighted by Gasteiger charge is 2.36. The summed E-state index contributed by atoms with van der Waals surface area (Å²) in [7, 11) is 7.49. The van der Waals surface area contributed by atoms with Gasteiger partial charge in [-0.15, -0.1) is 0 Å². The second-order valence-corrected chi connectivity index (χ2v) is 18.8. The summed E-state index contributed by atoms with van der Waals surface area (Å²) in [6, 6.07) is 25.7. The predicted molar refractivity (Wildman–Crippen MR) is 250 cm³/mol. The molecule has 6 aromatic rings. The minimum atomic E-state index is -0.823. The molecule has 13 heteroatoms. The fourth-order valence-electron chi connectivity index (χ4n) is 9.41. The molecule has 2 aliphatic carbocycles. The number of hydrogen-bond acceptors (Lipinski definition) is 9. The number of nitrogens with one attached hydrogen (secondary N) is 1. The van der Waals surface area contributed by atoms with Crippen molar-refractivity contribution in [3.05, 3.63) is 130 Å². The van der Waals surface area contributed by atoms with Crippen LogP contribution in [-0.4, -0.2) is 102 Å². The zero-order valence-corrected chi connectivity index (χ0v) is 38.7. The van der Waals surface area contributed by atoms with E-state index in [0.29, 0.717) is 17.9 Å². The molecule has 2 N–H and O–H groups in total. The molecular weight excluding hydrogens is 801 g/mol. The SMILES string of the molecule is CN(C)[C@@H](C(=O)O)c1ccccc1.Cc1cc(C2CC2)nc2cc([C@@H]3CCCCN3)nn12.Cc1cccc(C(C(=O)N2CCCC[C@H]2c2cc3nc(C4CC4)cc(C)n3n2)N(C)C)c1. The zero-order valence-electron chi connectivity index (χ0n) is 38.7. The second-order valence-electron chi connectivity index (χ2n) is 18.8. The molecule has 338 valence electrons. The Morgan fingerprint density at radius 2 is 1.22 bits per heavy atom. The topological polar surface area (TPSA) is 136 Å². The molecule has 4 aromatic heterocycles. The highest BCUT2D eigenvalue weighted by Crippen LogP contribution is 2.41. The van der Waals surface area contributed by atoms with Gasteiger partial charge in [0.15, 0.2) is 11.3 Å². The number of benzene rings is 2. The van der Waals surface area contributed by atoms with Crippen LogP contribution in [0.15, 0.2) is 78.9 Å². The van der Waals surface area contributed by atoms with Gasteiger partial charge in [0.25, 0.3) is 0 Å². The van der Waals surface area contributed by atoms with Crippen LogP contribution >= 0.6 is 0 Å². The summed E-state index contributed by atoms with van der Waals surface area (Å²) in [4.78, 5) is 40.3. The van der Waals surface area contributed by atoms with Crippen LogP contribution in [0.2, 0.25) is 0 Å². The molecule has 4 fully saturated rings. The van der Waals surface area contributed by atoms with Crippen LogP contribution in [0.25, 0.3) is 11.3 Å². The van der Waals surface area contributed by atoms with Gasteiger partial charge in [-0.25, -0.2) is 19.0 Å². The van der Waals surface area contributed by atoms with E-state index in [1.54, 1.807) is 19.0 Å². The summed E-state index contributed by atoms with van der Waals surface area (Å²) in [6.07, 6.45) is 11.9. The summed E-state index contributed by atoms with van der Waals surface area (Å²) in [5.41, 5.74) is 11.8. The largest absolute Gasteiger partial charge is 0.480 e. The number of likely N-dealkylation sites (N-methyl/N-ethyl adjacent to an activating group) is 2. The van der Waals surface area contributed by atoms with Crippen molar-refractivity contribution in [2.45, 2.75) is 121 Å². The van der Waals surface area contributed by atoms with Crippen LogP contribution < -0.4 is 5.32 Å². The van der Waals surface area contributed by atoms with E-state index in [2.05, 4.69) is 73.5 Å². The Hall–Kier alpha value is -5.50. The third-order valence-corrected chi connectivity index (χ3v) is 13.0. The summed E-state index contributed by atoms with van der Waals surface area (Å²) in [5, 5.41) is 22.2. The molecule has 2 saturated carbocycles. The molecule has 64 heavy (non-hydrogen) atoms. The second kappa shape index (κ2) is 19.7. The van der Waals surface area contributed by atoms with Crippen molar-refractivity contribution < 1.29 is 14.7 Å². The highest BCUT2D eigenvalue weighted by molar-refractivity contribution is 5.84. The molecule has 0 bridgehead atoms. The lowest BCUT2D eigenvalue weighted by atomic mass is 9.96. The Kier molecular flexibility index (Phi) is 13.9. The van der Waals surface area contributed by atoms with Crippen molar-refractivity contribution >= 4 is 23.2 Å². The number of carboxylic acid groups (broad SMARTS) is 1. The average Bonchev–Trinajstić information content (AvgIpc) is 4.22. The maximum absolute atomic E-state index is 13.9. The first-order chi connectivity index (χ1) is 30.9. The van der Waals surface area contributed by atoms with E-state index in [1.165, 1.54) is 67.6 Å². The number of aromatic nitrogens is 6. The minimum Gasteiger partial charge on any atom is -0.480 e. The number of nitrogens with zero attached hydrogens (tertiary/aromatic N) is 9. The first kappa shape index (κ1) is 45.1. The Morgan fingerprint density at radius 1 is 0.641 bits per heavy atom. The average molecular weight is 867 g/mol. The molecule has 10 rings (SSSR count). The summed E-state index contributed by atoms with van der Waals surface area (Å²) in [6.45, 7) is 8.18.